The van der Waals surface area contributed by atoms with Crippen LogP contribution in [-0.4, -0.2) is 19.4 Å². The van der Waals surface area contributed by atoms with Gasteiger partial charge in [-0.15, -0.1) is 0 Å². The number of nitrogens with zero attached hydrogens (tertiary/aromatic N) is 2. The van der Waals surface area contributed by atoms with E-state index in [1.807, 2.05) is 0 Å². The highest BCUT2D eigenvalue weighted by molar-refractivity contribution is 7.88. The van der Waals surface area contributed by atoms with Gasteiger partial charge < -0.3 is 4.18 Å². The molecule has 3 aromatic rings. The van der Waals surface area contributed by atoms with Crippen molar-refractivity contribution in [1.82, 2.24) is 4.98 Å². The Morgan fingerprint density at radius 1 is 1.03 bits per heavy atom. The smallest absolute Gasteiger partial charge is 0.325 e. The van der Waals surface area contributed by atoms with Crippen molar-refractivity contribution in [3.05, 3.63) is 93.3 Å². The zero-order valence-electron chi connectivity index (χ0n) is 16.2. The van der Waals surface area contributed by atoms with Crippen LogP contribution in [0.5, 0.6) is 0 Å². The Hall–Kier alpha value is -2.89. The van der Waals surface area contributed by atoms with Crippen LogP contribution in [0, 0.1) is 5.82 Å². The predicted molar refractivity (Wildman–Crippen MR) is 113 cm³/mol. The highest BCUT2D eigenvalue weighted by Crippen LogP contribution is 2.35. The number of pyridine rings is 1. The molecule has 0 N–H and O–H groups in total. The number of rotatable bonds is 6. The molecule has 6 nitrogen and oxygen atoms in total. The van der Waals surface area contributed by atoms with Crippen LogP contribution >= 0.6 is 23.2 Å². The SMILES string of the molecule is O=C(OS(=O)(=O)N(Cc1ccc(Cl)c(F)c1)c1ncc(C(F)(F)F)cc1Cl)c1ccccc1. The maximum Gasteiger partial charge on any atom is 0.417 e. The molecule has 0 saturated carbocycles. The molecular weight excluding hydrogens is 511 g/mol. The van der Waals surface area contributed by atoms with Crippen molar-refractivity contribution in [3.8, 4) is 0 Å². The summed E-state index contributed by atoms with van der Waals surface area (Å²) in [6, 6.07) is 10.9. The van der Waals surface area contributed by atoms with Crippen molar-refractivity contribution in [2.45, 2.75) is 12.7 Å². The molecule has 174 valence electrons. The largest absolute Gasteiger partial charge is 0.417 e. The minimum atomic E-state index is -5.01. The average molecular weight is 523 g/mol. The lowest BCUT2D eigenvalue weighted by Crippen LogP contribution is -2.34. The van der Waals surface area contributed by atoms with Gasteiger partial charge in [-0.2, -0.15) is 21.6 Å². The maximum atomic E-state index is 13.9. The van der Waals surface area contributed by atoms with Gasteiger partial charge in [0.25, 0.3) is 0 Å². The molecule has 0 atom stereocenters. The summed E-state index contributed by atoms with van der Waals surface area (Å²) in [6.45, 7) is -0.684. The maximum absolute atomic E-state index is 13.9. The second-order valence-corrected chi connectivity index (χ2v) is 8.75. The molecule has 33 heavy (non-hydrogen) atoms. The van der Waals surface area contributed by atoms with E-state index in [0.29, 0.717) is 16.6 Å². The number of anilines is 1. The van der Waals surface area contributed by atoms with Gasteiger partial charge in [0.15, 0.2) is 5.82 Å². The molecule has 13 heteroatoms. The number of halogens is 6. The van der Waals surface area contributed by atoms with Gasteiger partial charge in [-0.25, -0.2) is 18.5 Å². The standard InChI is InChI=1S/C20H12Cl2F4N2O4S/c21-15-7-6-12(8-17(15)23)11-28(18-16(22)9-14(10-27-18)20(24,25)26)33(30,31)32-19(29)13-4-2-1-3-5-13/h1-10H,11H2. The summed E-state index contributed by atoms with van der Waals surface area (Å²) in [5.41, 5.74) is -1.31. The molecule has 1 aromatic heterocycles. The van der Waals surface area contributed by atoms with E-state index in [-0.39, 0.29) is 16.1 Å². The Balaban J connectivity index is 2.04. The molecule has 0 aliphatic carbocycles. The highest BCUT2D eigenvalue weighted by atomic mass is 35.5. The molecule has 2 aromatic carbocycles. The Bertz CT molecular complexity index is 1290. The van der Waals surface area contributed by atoms with Gasteiger partial charge in [-0.05, 0) is 35.9 Å². The van der Waals surface area contributed by atoms with Crippen LogP contribution in [0.15, 0.2) is 60.8 Å². The van der Waals surface area contributed by atoms with Crippen molar-refractivity contribution < 1.29 is 35.0 Å². The van der Waals surface area contributed by atoms with Crippen LogP contribution in [-0.2, 0) is 27.2 Å². The van der Waals surface area contributed by atoms with E-state index in [9.17, 15) is 30.8 Å². The van der Waals surface area contributed by atoms with Crippen LogP contribution in [0.1, 0.15) is 21.5 Å². The average Bonchev–Trinajstić information content (AvgIpc) is 2.74. The van der Waals surface area contributed by atoms with Crippen molar-refractivity contribution in [1.29, 1.82) is 0 Å². The zero-order valence-corrected chi connectivity index (χ0v) is 18.5. The minimum absolute atomic E-state index is 0.0222. The number of hydrogen-bond donors (Lipinski definition) is 0. The molecule has 1 heterocycles. The number of carbonyl (C=O) groups is 1. The molecule has 0 unspecified atom stereocenters. The summed E-state index contributed by atoms with van der Waals surface area (Å²) in [5.74, 6) is -2.80. The lowest BCUT2D eigenvalue weighted by atomic mass is 10.2. The summed E-state index contributed by atoms with van der Waals surface area (Å²) >= 11 is 11.5. The Kier molecular flexibility index (Phi) is 7.15. The number of aromatic nitrogens is 1. The Labute approximate surface area is 195 Å². The van der Waals surface area contributed by atoms with Gasteiger partial charge in [-0.3, -0.25) is 0 Å². The van der Waals surface area contributed by atoms with E-state index < -0.39 is 51.2 Å². The van der Waals surface area contributed by atoms with Gasteiger partial charge in [0, 0.05) is 6.20 Å². The third-order valence-electron chi connectivity index (χ3n) is 4.16. The second kappa shape index (κ2) is 9.54. The molecule has 0 aliphatic heterocycles. The number of hydrogen-bond acceptors (Lipinski definition) is 5. The van der Waals surface area contributed by atoms with Gasteiger partial charge in [0.1, 0.15) is 5.82 Å². The lowest BCUT2D eigenvalue weighted by Gasteiger charge is -2.23. The molecule has 0 spiro atoms. The first-order valence-corrected chi connectivity index (χ1v) is 11.0. The topological polar surface area (TPSA) is 76.6 Å². The fourth-order valence-corrected chi connectivity index (χ4v) is 4.07. The first-order valence-electron chi connectivity index (χ1n) is 8.86. The van der Waals surface area contributed by atoms with E-state index >= 15 is 0 Å². The van der Waals surface area contributed by atoms with Crippen LogP contribution in [0.25, 0.3) is 0 Å². The van der Waals surface area contributed by atoms with E-state index in [2.05, 4.69) is 9.17 Å². The molecule has 0 radical (unpaired) electrons. The van der Waals surface area contributed by atoms with Crippen LogP contribution in [0.3, 0.4) is 0 Å². The highest BCUT2D eigenvalue weighted by Gasteiger charge is 2.35. The quantitative estimate of drug-likeness (QED) is 0.390. The molecule has 0 aliphatic rings. The first kappa shape index (κ1) is 24.7. The van der Waals surface area contributed by atoms with Gasteiger partial charge in [-0.1, -0.05) is 47.5 Å². The van der Waals surface area contributed by atoms with E-state index in [1.165, 1.54) is 30.3 Å². The summed E-state index contributed by atoms with van der Waals surface area (Å²) in [5, 5.41) is -0.937. The van der Waals surface area contributed by atoms with Crippen molar-refractivity contribution >= 4 is 45.3 Å². The van der Waals surface area contributed by atoms with Crippen molar-refractivity contribution in [2.75, 3.05) is 4.31 Å². The van der Waals surface area contributed by atoms with E-state index in [0.717, 1.165) is 12.1 Å². The van der Waals surface area contributed by atoms with Crippen LogP contribution < -0.4 is 4.31 Å². The summed E-state index contributed by atoms with van der Waals surface area (Å²) in [4.78, 5) is 15.8. The fraction of sp³-hybridized carbons (Fsp3) is 0.100. The monoisotopic (exact) mass is 522 g/mol. The van der Waals surface area contributed by atoms with Crippen LogP contribution in [0.2, 0.25) is 10.0 Å². The summed E-state index contributed by atoms with van der Waals surface area (Å²) in [7, 11) is -5.01. The normalized spacial score (nSPS) is 11.8. The number of carbonyl (C=O) groups excluding carboxylic acids is 1. The molecule has 0 bridgehead atoms. The molecule has 0 fully saturated rings. The Morgan fingerprint density at radius 3 is 2.27 bits per heavy atom. The van der Waals surface area contributed by atoms with Gasteiger partial charge >= 0.3 is 22.4 Å². The fourth-order valence-electron chi connectivity index (χ4n) is 2.60. The zero-order chi connectivity index (χ0) is 24.4. The summed E-state index contributed by atoms with van der Waals surface area (Å²) < 4.78 is 83.7. The van der Waals surface area contributed by atoms with E-state index in [4.69, 9.17) is 23.2 Å². The van der Waals surface area contributed by atoms with Crippen molar-refractivity contribution in [3.63, 3.8) is 0 Å². The first-order chi connectivity index (χ1) is 15.4. The molecule has 0 saturated heterocycles. The summed E-state index contributed by atoms with van der Waals surface area (Å²) in [6.07, 6.45) is -4.43. The molecular formula is C20H12Cl2F4N2O4S. The van der Waals surface area contributed by atoms with Crippen LogP contribution in [0.4, 0.5) is 23.4 Å². The third-order valence-corrected chi connectivity index (χ3v) is 5.94. The Morgan fingerprint density at radius 2 is 1.70 bits per heavy atom. The third kappa shape index (κ3) is 5.92. The minimum Gasteiger partial charge on any atom is -0.325 e. The lowest BCUT2D eigenvalue weighted by molar-refractivity contribution is -0.137. The van der Waals surface area contributed by atoms with Crippen molar-refractivity contribution in [2.24, 2.45) is 0 Å². The van der Waals surface area contributed by atoms with Gasteiger partial charge in [0.2, 0.25) is 0 Å². The van der Waals surface area contributed by atoms with Gasteiger partial charge in [0.05, 0.1) is 27.7 Å². The molecule has 3 rings (SSSR count). The number of alkyl halides is 3. The van der Waals surface area contributed by atoms with E-state index in [1.54, 1.807) is 6.07 Å². The predicted octanol–water partition coefficient (Wildman–Crippen LogP) is 5.65. The molecule has 0 amide bonds. The second-order valence-electron chi connectivity index (χ2n) is 6.48. The number of benzene rings is 2.